The van der Waals surface area contributed by atoms with E-state index in [9.17, 15) is 33.9 Å². The van der Waals surface area contributed by atoms with Crippen molar-refractivity contribution in [1.29, 1.82) is 0 Å². The highest BCUT2D eigenvalue weighted by atomic mass is 35.5. The molecule has 3 aromatic heterocycles. The molecule has 3 unspecified atom stereocenters. The molecular formula is C92H113ClN6O10. The third-order valence-electron chi connectivity index (χ3n) is 16.4. The van der Waals surface area contributed by atoms with Crippen molar-refractivity contribution in [2.45, 2.75) is 154 Å². The van der Waals surface area contributed by atoms with E-state index >= 15 is 0 Å². The van der Waals surface area contributed by atoms with Gasteiger partial charge >= 0.3 is 23.6 Å². The van der Waals surface area contributed by atoms with Crippen LogP contribution in [0.15, 0.2) is 255 Å². The molecule has 0 fully saturated rings. The van der Waals surface area contributed by atoms with E-state index in [0.717, 1.165) is 88.6 Å². The quantitative estimate of drug-likeness (QED) is 0.0416. The van der Waals surface area contributed by atoms with Gasteiger partial charge in [0.15, 0.2) is 5.78 Å². The van der Waals surface area contributed by atoms with Gasteiger partial charge in [-0.3, -0.25) is 9.59 Å². The zero-order valence-electron chi connectivity index (χ0n) is 66.6. The van der Waals surface area contributed by atoms with Gasteiger partial charge in [0, 0.05) is 96.9 Å². The monoisotopic (exact) mass is 1500 g/mol. The van der Waals surface area contributed by atoms with Crippen LogP contribution in [-0.4, -0.2) is 72.1 Å². The van der Waals surface area contributed by atoms with Gasteiger partial charge in [0.05, 0.1) is 12.1 Å². The maximum Gasteiger partial charge on any atom is 0.408 e. The lowest BCUT2D eigenvalue weighted by molar-refractivity contribution is -0.139. The Morgan fingerprint density at radius 1 is 0.358 bits per heavy atom. The molecule has 578 valence electrons. The van der Waals surface area contributed by atoms with Gasteiger partial charge in [0.2, 0.25) is 0 Å². The molecule has 0 spiro atoms. The number of carboxylic acid groups (broad SMARTS) is 1. The molecule has 5 N–H and O–H groups in total. The van der Waals surface area contributed by atoms with Crippen LogP contribution in [0.2, 0.25) is 0 Å². The summed E-state index contributed by atoms with van der Waals surface area (Å²) in [7, 11) is 5.89. The predicted octanol–water partition coefficient (Wildman–Crippen LogP) is 22.1. The summed E-state index contributed by atoms with van der Waals surface area (Å²) in [5.41, 5.74) is 20.6. The highest BCUT2D eigenvalue weighted by molar-refractivity contribution is 6.61. The third-order valence-corrected chi connectivity index (χ3v) is 16.5. The van der Waals surface area contributed by atoms with Gasteiger partial charge in [0.1, 0.15) is 31.6 Å². The number of rotatable bonds is 20. The van der Waals surface area contributed by atoms with E-state index in [0.29, 0.717) is 12.8 Å². The van der Waals surface area contributed by atoms with E-state index in [1.54, 1.807) is 0 Å². The Morgan fingerprint density at radius 3 is 0.899 bits per heavy atom. The molecule has 109 heavy (non-hydrogen) atoms. The van der Waals surface area contributed by atoms with Crippen LogP contribution >= 0.6 is 11.6 Å². The number of para-hydroxylation sites is 3. The average molecular weight is 1500 g/mol. The molecule has 0 aliphatic rings. The summed E-state index contributed by atoms with van der Waals surface area (Å²) in [5, 5.41) is 18.0. The Balaban J connectivity index is 0.000000373. The van der Waals surface area contributed by atoms with Crippen LogP contribution in [0.3, 0.4) is 0 Å². The first-order valence-corrected chi connectivity index (χ1v) is 37.9. The summed E-state index contributed by atoms with van der Waals surface area (Å²) in [4.78, 5) is 70.2. The second kappa shape index (κ2) is 51.0. The molecule has 12 aromatic rings. The number of aliphatic carboxylic acids is 1. The predicted molar refractivity (Wildman–Crippen MR) is 451 cm³/mol. The number of hydrogen-bond donors (Lipinski definition) is 4. The summed E-state index contributed by atoms with van der Waals surface area (Å²) in [6.45, 7) is 27.4. The number of aromatic nitrogens is 3. The second-order valence-electron chi connectivity index (χ2n) is 23.4. The SMILES string of the molecule is CC.CC.CC.CC.CC.CC.CC(=O)C(Cc1cn(C)c2ccccc12)NC(=O)OCc1ccc(-c2ccccc2)cc1.CC(=O)C(N)Cc1cn(C)c2ccccc12.Cn1cc(CC(NC(=O)OCc2ccc(-c3ccccc3)cc2)C(=O)O)c2ccccc21.O=C(Cl)OCc1ccc(-c2ccccc2)cc1. The standard InChI is InChI=1S/C27H26N2O3.C26H24N2O4.C14H11ClO2.C13H16N2O.6C2H6/c1-19(30)25(16-23-17-29(2)26-11-7-6-10-24(23)26)28-27(31)32-18-20-12-14-22(15-13-20)21-8-4-3-5-9-21;1-28-16-21(22-9-5-6-10-24(22)28)15-23(25(29)30)27-26(31)32-17-18-11-13-20(14-12-18)19-7-3-2-4-8-19;15-14(16)17-10-11-6-8-13(9-7-11)12-4-2-1-3-5-12;1-9(16)12(14)7-10-8-15(2)13-6-4-3-5-11(10)13;6*1-2/h3-15,17,25H,16,18H2,1-2H3,(H,28,31);2-14,16,23H,15,17H2,1H3,(H,27,31)(H,29,30);1-9H,10H2;3-6,8,12H,7,14H2,1-2H3;6*1-2H3. The maximum atomic E-state index is 12.4. The highest BCUT2D eigenvalue weighted by Crippen LogP contribution is 2.27. The lowest BCUT2D eigenvalue weighted by Gasteiger charge is -2.16. The molecule has 0 saturated carbocycles. The summed E-state index contributed by atoms with van der Waals surface area (Å²) < 4.78 is 21.4. The smallest absolute Gasteiger partial charge is 0.408 e. The number of nitrogens with two attached hydrogens (primary N) is 1. The van der Waals surface area contributed by atoms with Crippen molar-refractivity contribution in [2.75, 3.05) is 0 Å². The molecule has 0 saturated heterocycles. The largest absolute Gasteiger partial charge is 0.480 e. The fourth-order valence-electron chi connectivity index (χ4n) is 11.2. The number of benzene rings is 9. The van der Waals surface area contributed by atoms with Crippen molar-refractivity contribution < 1.29 is 48.1 Å². The van der Waals surface area contributed by atoms with Crippen molar-refractivity contribution in [3.63, 3.8) is 0 Å². The van der Waals surface area contributed by atoms with E-state index in [-0.39, 0.29) is 37.8 Å². The van der Waals surface area contributed by atoms with Gasteiger partial charge in [0.25, 0.3) is 0 Å². The molecule has 17 heteroatoms. The lowest BCUT2D eigenvalue weighted by Crippen LogP contribution is -2.42. The second-order valence-corrected chi connectivity index (χ2v) is 23.7. The van der Waals surface area contributed by atoms with Crippen LogP contribution in [0.5, 0.6) is 0 Å². The molecule has 0 bridgehead atoms. The number of ether oxygens (including phenoxy) is 3. The molecule has 0 aliphatic heterocycles. The fourth-order valence-corrected chi connectivity index (χ4v) is 11.2. The number of fused-ring (bicyclic) bond motifs is 3. The van der Waals surface area contributed by atoms with Crippen molar-refractivity contribution in [1.82, 2.24) is 24.3 Å². The van der Waals surface area contributed by atoms with Crippen LogP contribution in [0.1, 0.15) is 130 Å². The Morgan fingerprint density at radius 2 is 0.615 bits per heavy atom. The first-order valence-electron chi connectivity index (χ1n) is 37.6. The van der Waals surface area contributed by atoms with Crippen LogP contribution < -0.4 is 16.4 Å². The Bertz CT molecular complexity index is 4420. The Kier molecular flexibility index (Phi) is 43.0. The topological polar surface area (TPSA) is 215 Å². The van der Waals surface area contributed by atoms with Gasteiger partial charge in [-0.05, 0) is 105 Å². The summed E-state index contributed by atoms with van der Waals surface area (Å²) in [6, 6.07) is 75.4. The van der Waals surface area contributed by atoms with E-state index in [4.69, 9.17) is 31.5 Å². The van der Waals surface area contributed by atoms with Gasteiger partial charge < -0.3 is 49.4 Å². The highest BCUT2D eigenvalue weighted by Gasteiger charge is 2.24. The van der Waals surface area contributed by atoms with E-state index in [2.05, 4.69) is 39.5 Å². The van der Waals surface area contributed by atoms with E-state index in [1.807, 2.05) is 344 Å². The summed E-state index contributed by atoms with van der Waals surface area (Å²) in [5.74, 6) is -1.18. The summed E-state index contributed by atoms with van der Waals surface area (Å²) in [6.07, 6.45) is 5.77. The Labute approximate surface area is 651 Å². The minimum Gasteiger partial charge on any atom is -0.480 e. The molecule has 16 nitrogen and oxygen atoms in total. The van der Waals surface area contributed by atoms with E-state index < -0.39 is 41.7 Å². The number of carbonyl (C=O) groups excluding carboxylic acids is 5. The number of carboxylic acids is 1. The third kappa shape index (κ3) is 29.7. The number of nitrogens with zero attached hydrogens (tertiary/aromatic N) is 3. The number of alkyl carbamates (subject to hydrolysis) is 2. The van der Waals surface area contributed by atoms with Gasteiger partial charge in [-0.2, -0.15) is 0 Å². The Hall–Kier alpha value is -11.3. The number of nitrogens with one attached hydrogen (secondary N) is 2. The number of halogens is 1. The molecule has 9 aromatic carbocycles. The molecular weight excluding hydrogens is 1380 g/mol. The number of amides is 2. The van der Waals surface area contributed by atoms with Gasteiger partial charge in [-0.1, -0.05) is 301 Å². The number of carbonyl (C=O) groups is 6. The van der Waals surface area contributed by atoms with Gasteiger partial charge in [-0.25, -0.2) is 19.2 Å². The fraction of sp³-hybridized carbons (Fsp3) is 0.283. The van der Waals surface area contributed by atoms with Crippen LogP contribution in [0.25, 0.3) is 66.1 Å². The lowest BCUT2D eigenvalue weighted by atomic mass is 10.0. The van der Waals surface area contributed by atoms with Crippen molar-refractivity contribution >= 4 is 79.5 Å². The molecule has 3 atom stereocenters. The van der Waals surface area contributed by atoms with Crippen LogP contribution in [0.4, 0.5) is 14.4 Å². The van der Waals surface area contributed by atoms with E-state index in [1.165, 1.54) is 24.8 Å². The molecule has 12 rings (SSSR count). The first kappa shape index (κ1) is 91.9. The first-order chi connectivity index (χ1) is 52.9. The molecule has 0 radical (unpaired) electrons. The molecule has 2 amide bonds. The normalized spacial score (nSPS) is 10.7. The van der Waals surface area contributed by atoms with Gasteiger partial charge in [-0.15, -0.1) is 0 Å². The molecule has 0 aliphatic carbocycles. The average Bonchev–Trinajstić information content (AvgIpc) is 1.72. The van der Waals surface area contributed by atoms with Crippen molar-refractivity contribution in [2.24, 2.45) is 26.9 Å². The zero-order valence-corrected chi connectivity index (χ0v) is 67.4. The maximum absolute atomic E-state index is 12.4. The number of hydrogen-bond acceptors (Lipinski definition) is 10. The summed E-state index contributed by atoms with van der Waals surface area (Å²) >= 11 is 5.09. The molecule has 3 heterocycles. The van der Waals surface area contributed by atoms with Crippen LogP contribution in [0, 0.1) is 0 Å². The van der Waals surface area contributed by atoms with Crippen LogP contribution in [-0.2, 0) is 88.8 Å². The van der Waals surface area contributed by atoms with Crippen molar-refractivity contribution in [3.8, 4) is 33.4 Å². The number of Topliss-reactive ketones (excluding diaryl/α,β-unsaturated/α-hetero) is 2. The minimum absolute atomic E-state index is 0.0351. The van der Waals surface area contributed by atoms with Crippen molar-refractivity contribution in [3.05, 3.63) is 289 Å². The minimum atomic E-state index is -1.11. The number of ketones is 2. The number of aryl methyl sites for hydroxylation is 3. The zero-order chi connectivity index (χ0) is 80.8.